The van der Waals surface area contributed by atoms with Crippen molar-refractivity contribution in [1.29, 1.82) is 0 Å². The van der Waals surface area contributed by atoms with E-state index in [9.17, 15) is 0 Å². The van der Waals surface area contributed by atoms with E-state index in [2.05, 4.69) is 22.6 Å². The highest BCUT2D eigenvalue weighted by atomic mass is 32.1. The lowest BCUT2D eigenvalue weighted by molar-refractivity contribution is 0.645. The van der Waals surface area contributed by atoms with Gasteiger partial charge in [-0.3, -0.25) is 0 Å². The van der Waals surface area contributed by atoms with Crippen molar-refractivity contribution in [3.8, 4) is 0 Å². The molecule has 1 aliphatic carbocycles. The lowest BCUT2D eigenvalue weighted by atomic mass is 10.3. The second kappa shape index (κ2) is 3.15. The number of rotatable bonds is 3. The summed E-state index contributed by atoms with van der Waals surface area (Å²) in [4.78, 5) is 4.60. The molecule has 2 nitrogen and oxygen atoms in total. The van der Waals surface area contributed by atoms with Crippen LogP contribution < -0.4 is 5.32 Å². The first-order chi connectivity index (χ1) is 5.81. The van der Waals surface area contributed by atoms with Crippen LogP contribution in [0.2, 0.25) is 0 Å². The Balaban J connectivity index is 2.12. The SMILES string of the molecule is CNC(C)c1nc(C2CC2)cs1. The van der Waals surface area contributed by atoms with E-state index in [0.29, 0.717) is 6.04 Å². The molecule has 66 valence electrons. The molecule has 1 saturated carbocycles. The van der Waals surface area contributed by atoms with Crippen molar-refractivity contribution in [2.45, 2.75) is 31.7 Å². The molecular weight excluding hydrogens is 168 g/mol. The molecular formula is C9H14N2S. The third kappa shape index (κ3) is 1.52. The standard InChI is InChI=1S/C9H14N2S/c1-6(10-2)9-11-8(5-12-9)7-3-4-7/h5-7,10H,3-4H2,1-2H3. The Morgan fingerprint density at radius 2 is 2.42 bits per heavy atom. The van der Waals surface area contributed by atoms with Gasteiger partial charge in [0.05, 0.1) is 11.7 Å². The van der Waals surface area contributed by atoms with Gasteiger partial charge in [-0.2, -0.15) is 0 Å². The fourth-order valence-corrected chi connectivity index (χ4v) is 2.16. The normalized spacial score (nSPS) is 19.5. The molecule has 1 aliphatic rings. The van der Waals surface area contributed by atoms with Gasteiger partial charge in [-0.15, -0.1) is 11.3 Å². The Morgan fingerprint density at radius 3 is 3.00 bits per heavy atom. The summed E-state index contributed by atoms with van der Waals surface area (Å²) in [7, 11) is 1.98. The second-order valence-corrected chi connectivity index (χ2v) is 4.28. The molecule has 0 amide bonds. The zero-order valence-corrected chi connectivity index (χ0v) is 8.32. The number of aromatic nitrogens is 1. The van der Waals surface area contributed by atoms with Gasteiger partial charge in [0.25, 0.3) is 0 Å². The molecule has 0 aliphatic heterocycles. The Labute approximate surface area is 77.0 Å². The number of hydrogen-bond acceptors (Lipinski definition) is 3. The van der Waals surface area contributed by atoms with Crippen molar-refractivity contribution in [3.63, 3.8) is 0 Å². The first kappa shape index (κ1) is 8.20. The first-order valence-electron chi connectivity index (χ1n) is 4.44. The quantitative estimate of drug-likeness (QED) is 0.776. The fourth-order valence-electron chi connectivity index (χ4n) is 1.19. The molecule has 0 aromatic carbocycles. The third-order valence-corrected chi connectivity index (χ3v) is 3.38. The van der Waals surface area contributed by atoms with Crippen LogP contribution in [0.25, 0.3) is 0 Å². The van der Waals surface area contributed by atoms with Gasteiger partial charge in [0.15, 0.2) is 0 Å². The van der Waals surface area contributed by atoms with Gasteiger partial charge >= 0.3 is 0 Å². The van der Waals surface area contributed by atoms with Crippen molar-refractivity contribution in [2.24, 2.45) is 0 Å². The molecule has 0 radical (unpaired) electrons. The summed E-state index contributed by atoms with van der Waals surface area (Å²) in [6.07, 6.45) is 2.69. The minimum atomic E-state index is 0.405. The molecule has 0 saturated heterocycles. The summed E-state index contributed by atoms with van der Waals surface area (Å²) in [6.45, 7) is 2.15. The van der Waals surface area contributed by atoms with E-state index in [4.69, 9.17) is 0 Å². The average molecular weight is 182 g/mol. The molecule has 0 spiro atoms. The van der Waals surface area contributed by atoms with Crippen molar-refractivity contribution >= 4 is 11.3 Å². The first-order valence-corrected chi connectivity index (χ1v) is 5.32. The molecule has 12 heavy (non-hydrogen) atoms. The maximum atomic E-state index is 4.60. The van der Waals surface area contributed by atoms with Gasteiger partial charge in [0, 0.05) is 11.3 Å². The van der Waals surface area contributed by atoms with Crippen molar-refractivity contribution in [2.75, 3.05) is 7.05 Å². The second-order valence-electron chi connectivity index (χ2n) is 3.40. The minimum Gasteiger partial charge on any atom is -0.311 e. The maximum Gasteiger partial charge on any atom is 0.110 e. The van der Waals surface area contributed by atoms with Gasteiger partial charge in [0.2, 0.25) is 0 Å². The molecule has 1 aromatic heterocycles. The Bertz CT molecular complexity index is 265. The molecule has 1 heterocycles. The number of hydrogen-bond donors (Lipinski definition) is 1. The highest BCUT2D eigenvalue weighted by Crippen LogP contribution is 2.40. The molecule has 1 unspecified atom stereocenters. The minimum absolute atomic E-state index is 0.405. The van der Waals surface area contributed by atoms with E-state index >= 15 is 0 Å². The Kier molecular flexibility index (Phi) is 2.15. The summed E-state index contributed by atoms with van der Waals surface area (Å²) in [5.41, 5.74) is 1.32. The summed E-state index contributed by atoms with van der Waals surface area (Å²) < 4.78 is 0. The molecule has 0 bridgehead atoms. The topological polar surface area (TPSA) is 24.9 Å². The van der Waals surface area contributed by atoms with Crippen LogP contribution in [0.3, 0.4) is 0 Å². The number of nitrogens with one attached hydrogen (secondary N) is 1. The van der Waals surface area contributed by atoms with Crippen molar-refractivity contribution < 1.29 is 0 Å². The number of thiazole rings is 1. The summed E-state index contributed by atoms with van der Waals surface area (Å²) in [6, 6.07) is 0.405. The molecule has 1 fully saturated rings. The van der Waals surface area contributed by atoms with E-state index in [1.54, 1.807) is 11.3 Å². The van der Waals surface area contributed by atoms with Gasteiger partial charge in [-0.1, -0.05) is 0 Å². The largest absolute Gasteiger partial charge is 0.311 e. The van der Waals surface area contributed by atoms with E-state index in [1.165, 1.54) is 23.5 Å². The Morgan fingerprint density at radius 1 is 1.67 bits per heavy atom. The molecule has 1 N–H and O–H groups in total. The van der Waals surface area contributed by atoms with Crippen LogP contribution in [-0.4, -0.2) is 12.0 Å². The molecule has 1 aromatic rings. The number of nitrogens with zero attached hydrogens (tertiary/aromatic N) is 1. The summed E-state index contributed by atoms with van der Waals surface area (Å²) in [5, 5.41) is 6.63. The summed E-state index contributed by atoms with van der Waals surface area (Å²) in [5.74, 6) is 0.791. The predicted molar refractivity (Wildman–Crippen MR) is 51.6 cm³/mol. The predicted octanol–water partition coefficient (Wildman–Crippen LogP) is 2.30. The van der Waals surface area contributed by atoms with Gasteiger partial charge < -0.3 is 5.32 Å². The highest BCUT2D eigenvalue weighted by Gasteiger charge is 2.26. The maximum absolute atomic E-state index is 4.60. The van der Waals surface area contributed by atoms with E-state index in [-0.39, 0.29) is 0 Å². The van der Waals surface area contributed by atoms with Gasteiger partial charge in [-0.05, 0) is 26.8 Å². The van der Waals surface area contributed by atoms with Crippen LogP contribution >= 0.6 is 11.3 Å². The lowest BCUT2D eigenvalue weighted by Gasteiger charge is -2.04. The van der Waals surface area contributed by atoms with Crippen LogP contribution in [-0.2, 0) is 0 Å². The van der Waals surface area contributed by atoms with Crippen LogP contribution in [0.5, 0.6) is 0 Å². The van der Waals surface area contributed by atoms with Crippen LogP contribution in [0.1, 0.15) is 42.4 Å². The molecule has 1 atom stereocenters. The van der Waals surface area contributed by atoms with Crippen molar-refractivity contribution in [1.82, 2.24) is 10.3 Å². The zero-order valence-electron chi connectivity index (χ0n) is 7.50. The zero-order chi connectivity index (χ0) is 8.55. The smallest absolute Gasteiger partial charge is 0.110 e. The van der Waals surface area contributed by atoms with Gasteiger partial charge in [0.1, 0.15) is 5.01 Å². The molecule has 3 heteroatoms. The van der Waals surface area contributed by atoms with E-state index < -0.39 is 0 Å². The van der Waals surface area contributed by atoms with Crippen LogP contribution in [0, 0.1) is 0 Å². The van der Waals surface area contributed by atoms with E-state index in [0.717, 1.165) is 5.92 Å². The lowest BCUT2D eigenvalue weighted by Crippen LogP contribution is -2.11. The van der Waals surface area contributed by atoms with Crippen LogP contribution in [0.15, 0.2) is 5.38 Å². The van der Waals surface area contributed by atoms with Crippen LogP contribution in [0.4, 0.5) is 0 Å². The summed E-state index contributed by atoms with van der Waals surface area (Å²) >= 11 is 1.78. The Hall–Kier alpha value is -0.410. The fraction of sp³-hybridized carbons (Fsp3) is 0.667. The van der Waals surface area contributed by atoms with E-state index in [1.807, 2.05) is 7.05 Å². The monoisotopic (exact) mass is 182 g/mol. The average Bonchev–Trinajstić information content (AvgIpc) is 2.83. The molecule has 2 rings (SSSR count). The highest BCUT2D eigenvalue weighted by molar-refractivity contribution is 7.09. The van der Waals surface area contributed by atoms with Crippen molar-refractivity contribution in [3.05, 3.63) is 16.1 Å². The van der Waals surface area contributed by atoms with Gasteiger partial charge in [-0.25, -0.2) is 4.98 Å². The third-order valence-electron chi connectivity index (χ3n) is 2.34.